The third kappa shape index (κ3) is 6.29. The fourth-order valence-electron chi connectivity index (χ4n) is 2.97. The van der Waals surface area contributed by atoms with Crippen LogP contribution in [0.2, 0.25) is 0 Å². The Bertz CT molecular complexity index is 537. The van der Waals surface area contributed by atoms with E-state index in [0.717, 1.165) is 0 Å². The van der Waals surface area contributed by atoms with E-state index >= 15 is 0 Å². The summed E-state index contributed by atoms with van der Waals surface area (Å²) in [6.07, 6.45) is 1.72. The molecule has 0 aromatic heterocycles. The highest BCUT2D eigenvalue weighted by molar-refractivity contribution is 5.93. The minimum Gasteiger partial charge on any atom is -0.480 e. The van der Waals surface area contributed by atoms with E-state index in [-0.39, 0.29) is 24.8 Å². The summed E-state index contributed by atoms with van der Waals surface area (Å²) < 4.78 is 0. The molecule has 1 aliphatic heterocycles. The molecule has 0 aromatic rings. The maximum Gasteiger partial charge on any atom is 0.326 e. The fourth-order valence-corrected chi connectivity index (χ4v) is 2.97. The van der Waals surface area contributed by atoms with Crippen molar-refractivity contribution in [3.05, 3.63) is 0 Å². The van der Waals surface area contributed by atoms with E-state index in [1.807, 2.05) is 13.8 Å². The molecule has 0 aliphatic carbocycles. The third-order valence-corrected chi connectivity index (χ3v) is 4.31. The summed E-state index contributed by atoms with van der Waals surface area (Å²) in [5.41, 5.74) is 5.40. The van der Waals surface area contributed by atoms with Crippen LogP contribution in [0.4, 0.5) is 0 Å². The van der Waals surface area contributed by atoms with Crippen LogP contribution >= 0.6 is 0 Å². The number of carbonyl (C=O) groups is 4. The summed E-state index contributed by atoms with van der Waals surface area (Å²) >= 11 is 0. The lowest BCUT2D eigenvalue weighted by molar-refractivity contribution is -0.143. The van der Waals surface area contributed by atoms with Crippen molar-refractivity contribution in [2.45, 2.75) is 64.6 Å². The van der Waals surface area contributed by atoms with Gasteiger partial charge in [-0.25, -0.2) is 4.79 Å². The molecule has 9 heteroatoms. The second kappa shape index (κ2) is 10.1. The number of amides is 3. The zero-order chi connectivity index (χ0) is 19.9. The van der Waals surface area contributed by atoms with E-state index < -0.39 is 35.9 Å². The average Bonchev–Trinajstić information content (AvgIpc) is 3.03. The standard InChI is InChI=1S/C17H30N4O5/c1-10(2)9-12(17(25)26)20-15(23)11(3)19-16(24)13-5-4-8-21(13)14(22)6-7-18/h10-13H,4-9,18H2,1-3H3,(H,19,24)(H,20,23)(H,25,26)/t11-,12-,13-/m0/s1. The first kappa shape index (κ1) is 21.9. The number of nitrogens with two attached hydrogens (primary N) is 1. The van der Waals surface area contributed by atoms with Crippen molar-refractivity contribution in [2.24, 2.45) is 11.7 Å². The molecule has 1 rings (SSSR count). The van der Waals surface area contributed by atoms with Gasteiger partial charge in [0.1, 0.15) is 18.1 Å². The summed E-state index contributed by atoms with van der Waals surface area (Å²) in [7, 11) is 0. The lowest BCUT2D eigenvalue weighted by Gasteiger charge is -2.26. The molecule has 1 heterocycles. The second-order valence-corrected chi connectivity index (χ2v) is 7.04. The minimum absolute atomic E-state index is 0.0990. The van der Waals surface area contributed by atoms with E-state index in [0.29, 0.717) is 25.8 Å². The first-order valence-electron chi connectivity index (χ1n) is 9.00. The van der Waals surface area contributed by atoms with E-state index in [1.54, 1.807) is 0 Å². The molecule has 0 unspecified atom stereocenters. The van der Waals surface area contributed by atoms with Gasteiger partial charge in [-0.3, -0.25) is 14.4 Å². The summed E-state index contributed by atoms with van der Waals surface area (Å²) in [5.74, 6) is -2.16. The highest BCUT2D eigenvalue weighted by Gasteiger charge is 2.35. The van der Waals surface area contributed by atoms with Gasteiger partial charge in [0.2, 0.25) is 17.7 Å². The van der Waals surface area contributed by atoms with Gasteiger partial charge in [0, 0.05) is 19.5 Å². The van der Waals surface area contributed by atoms with Crippen LogP contribution in [0.15, 0.2) is 0 Å². The molecule has 26 heavy (non-hydrogen) atoms. The van der Waals surface area contributed by atoms with Crippen LogP contribution in [-0.2, 0) is 19.2 Å². The van der Waals surface area contributed by atoms with E-state index in [9.17, 15) is 24.3 Å². The lowest BCUT2D eigenvalue weighted by atomic mass is 10.0. The van der Waals surface area contributed by atoms with Crippen molar-refractivity contribution < 1.29 is 24.3 Å². The monoisotopic (exact) mass is 370 g/mol. The Morgan fingerprint density at radius 3 is 2.38 bits per heavy atom. The number of likely N-dealkylation sites (tertiary alicyclic amines) is 1. The predicted octanol–water partition coefficient (Wildman–Crippen LogP) is -0.554. The largest absolute Gasteiger partial charge is 0.480 e. The Morgan fingerprint density at radius 1 is 1.19 bits per heavy atom. The molecule has 0 radical (unpaired) electrons. The van der Waals surface area contributed by atoms with Crippen LogP contribution in [-0.4, -0.2) is 64.9 Å². The first-order valence-corrected chi connectivity index (χ1v) is 9.00. The fraction of sp³-hybridized carbons (Fsp3) is 0.765. The van der Waals surface area contributed by atoms with Gasteiger partial charge in [0.05, 0.1) is 0 Å². The highest BCUT2D eigenvalue weighted by Crippen LogP contribution is 2.18. The Morgan fingerprint density at radius 2 is 1.85 bits per heavy atom. The predicted molar refractivity (Wildman–Crippen MR) is 95.0 cm³/mol. The number of hydrogen-bond acceptors (Lipinski definition) is 5. The summed E-state index contributed by atoms with van der Waals surface area (Å²) in [6, 6.07) is -2.52. The number of nitrogens with one attached hydrogen (secondary N) is 2. The van der Waals surface area contributed by atoms with Gasteiger partial charge in [-0.2, -0.15) is 0 Å². The van der Waals surface area contributed by atoms with Gasteiger partial charge in [-0.15, -0.1) is 0 Å². The number of carboxylic acids is 1. The molecule has 9 nitrogen and oxygen atoms in total. The SMILES string of the molecule is CC(C)C[C@H](NC(=O)[C@H](C)NC(=O)[C@@H]1CCCN1C(=O)CCN)C(=O)O. The minimum atomic E-state index is -1.11. The van der Waals surface area contributed by atoms with Crippen molar-refractivity contribution >= 4 is 23.7 Å². The molecule has 0 bridgehead atoms. The van der Waals surface area contributed by atoms with Crippen LogP contribution in [0.25, 0.3) is 0 Å². The van der Waals surface area contributed by atoms with Gasteiger partial charge >= 0.3 is 5.97 Å². The Hall–Kier alpha value is -2.16. The van der Waals surface area contributed by atoms with Gasteiger partial charge in [0.15, 0.2) is 0 Å². The molecular weight excluding hydrogens is 340 g/mol. The average molecular weight is 370 g/mol. The van der Waals surface area contributed by atoms with Crippen LogP contribution in [0, 0.1) is 5.92 Å². The topological polar surface area (TPSA) is 142 Å². The molecule has 0 spiro atoms. The van der Waals surface area contributed by atoms with Gasteiger partial charge in [0.25, 0.3) is 0 Å². The molecular formula is C17H30N4O5. The van der Waals surface area contributed by atoms with Crippen molar-refractivity contribution in [1.82, 2.24) is 15.5 Å². The molecule has 148 valence electrons. The van der Waals surface area contributed by atoms with Crippen LogP contribution < -0.4 is 16.4 Å². The maximum absolute atomic E-state index is 12.4. The molecule has 1 saturated heterocycles. The number of rotatable bonds is 9. The Balaban J connectivity index is 2.63. The van der Waals surface area contributed by atoms with E-state index in [4.69, 9.17) is 5.73 Å². The molecule has 0 saturated carbocycles. The zero-order valence-corrected chi connectivity index (χ0v) is 15.7. The van der Waals surface area contributed by atoms with Gasteiger partial charge in [-0.05, 0) is 32.1 Å². The van der Waals surface area contributed by atoms with Crippen LogP contribution in [0.5, 0.6) is 0 Å². The molecule has 3 amide bonds. The summed E-state index contributed by atoms with van der Waals surface area (Å²) in [5, 5.41) is 14.2. The Labute approximate surface area is 153 Å². The zero-order valence-electron chi connectivity index (χ0n) is 15.7. The normalized spacial score (nSPS) is 19.1. The van der Waals surface area contributed by atoms with Crippen molar-refractivity contribution in [3.63, 3.8) is 0 Å². The summed E-state index contributed by atoms with van der Waals surface area (Å²) in [4.78, 5) is 49.4. The third-order valence-electron chi connectivity index (χ3n) is 4.31. The van der Waals surface area contributed by atoms with Gasteiger partial charge in [-0.1, -0.05) is 13.8 Å². The van der Waals surface area contributed by atoms with Gasteiger partial charge < -0.3 is 26.4 Å². The number of carboxylic acid groups (broad SMARTS) is 1. The van der Waals surface area contributed by atoms with E-state index in [1.165, 1.54) is 11.8 Å². The number of hydrogen-bond donors (Lipinski definition) is 4. The molecule has 1 fully saturated rings. The maximum atomic E-state index is 12.4. The number of aliphatic carboxylic acids is 1. The first-order chi connectivity index (χ1) is 12.2. The van der Waals surface area contributed by atoms with Crippen molar-refractivity contribution in [1.29, 1.82) is 0 Å². The quantitative estimate of drug-likeness (QED) is 0.429. The van der Waals surface area contributed by atoms with Crippen molar-refractivity contribution in [2.75, 3.05) is 13.1 Å². The molecule has 1 aliphatic rings. The van der Waals surface area contributed by atoms with Crippen molar-refractivity contribution in [3.8, 4) is 0 Å². The highest BCUT2D eigenvalue weighted by atomic mass is 16.4. The molecule has 0 aromatic carbocycles. The lowest BCUT2D eigenvalue weighted by Crippen LogP contribution is -2.54. The summed E-state index contributed by atoms with van der Waals surface area (Å²) in [6.45, 7) is 5.92. The second-order valence-electron chi connectivity index (χ2n) is 7.04. The number of carbonyl (C=O) groups excluding carboxylic acids is 3. The van der Waals surface area contributed by atoms with E-state index in [2.05, 4.69) is 10.6 Å². The Kier molecular flexibility index (Phi) is 8.50. The molecule has 3 atom stereocenters. The number of nitrogens with zero attached hydrogens (tertiary/aromatic N) is 1. The van der Waals surface area contributed by atoms with Crippen LogP contribution in [0.1, 0.15) is 46.5 Å². The van der Waals surface area contributed by atoms with Crippen LogP contribution in [0.3, 0.4) is 0 Å². The molecule has 5 N–H and O–H groups in total. The smallest absolute Gasteiger partial charge is 0.326 e.